The lowest BCUT2D eigenvalue weighted by Gasteiger charge is -2.15. The number of carboxylic acid groups (broad SMARTS) is 1. The Hall–Kier alpha value is -0.585. The van der Waals surface area contributed by atoms with E-state index in [9.17, 15) is 4.79 Å². The van der Waals surface area contributed by atoms with Gasteiger partial charge < -0.3 is 20.1 Å². The van der Waals surface area contributed by atoms with Gasteiger partial charge >= 0.3 is 5.97 Å². The Labute approximate surface area is 64.0 Å². The van der Waals surface area contributed by atoms with E-state index in [1.54, 1.807) is 0 Å². The first-order valence-electron chi connectivity index (χ1n) is 3.03. The molecule has 5 nitrogen and oxygen atoms in total. The van der Waals surface area contributed by atoms with Crippen LogP contribution in [0.4, 0.5) is 0 Å². The van der Waals surface area contributed by atoms with Crippen LogP contribution in [0, 0.1) is 0 Å². The largest absolute Gasteiger partial charge is 0.477 e. The molecule has 2 radical (unpaired) electrons. The molecule has 0 aliphatic carbocycles. The van der Waals surface area contributed by atoms with E-state index < -0.39 is 23.9 Å². The minimum absolute atomic E-state index is 0.302. The maximum atomic E-state index is 10.3. The quantitative estimate of drug-likeness (QED) is 0.402. The van der Waals surface area contributed by atoms with Gasteiger partial charge in [-0.3, -0.25) is 0 Å². The van der Waals surface area contributed by atoms with Gasteiger partial charge in [0.25, 0.3) is 5.79 Å². The van der Waals surface area contributed by atoms with Crippen molar-refractivity contribution in [3.63, 3.8) is 0 Å². The van der Waals surface area contributed by atoms with Crippen molar-refractivity contribution in [1.82, 2.24) is 0 Å². The van der Waals surface area contributed by atoms with Crippen LogP contribution in [0.1, 0.15) is 6.42 Å². The predicted molar refractivity (Wildman–Crippen MR) is 33.8 cm³/mol. The summed E-state index contributed by atoms with van der Waals surface area (Å²) in [6, 6.07) is 0. The third-order valence-corrected chi connectivity index (χ3v) is 1.53. The molecule has 0 bridgehead atoms. The van der Waals surface area contributed by atoms with Crippen LogP contribution < -0.4 is 0 Å². The number of carboxylic acids is 1. The topological polar surface area (TPSA) is 87.0 Å². The Morgan fingerprint density at radius 2 is 2.27 bits per heavy atom. The Morgan fingerprint density at radius 3 is 2.45 bits per heavy atom. The van der Waals surface area contributed by atoms with Gasteiger partial charge in [0.05, 0.1) is 7.85 Å². The number of aliphatic hydroxyl groups excluding tert-OH is 1. The molecule has 1 aliphatic rings. The van der Waals surface area contributed by atoms with E-state index >= 15 is 0 Å². The molecule has 3 atom stereocenters. The molecule has 3 N–H and O–H groups in total. The van der Waals surface area contributed by atoms with E-state index in [2.05, 4.69) is 4.74 Å². The lowest BCUT2D eigenvalue weighted by molar-refractivity contribution is -0.242. The van der Waals surface area contributed by atoms with Crippen molar-refractivity contribution in [3.05, 3.63) is 0 Å². The first-order chi connectivity index (χ1) is 4.96. The summed E-state index contributed by atoms with van der Waals surface area (Å²) in [6.45, 7) is 0. The highest BCUT2D eigenvalue weighted by Gasteiger charge is 2.48. The first kappa shape index (κ1) is 8.51. The van der Waals surface area contributed by atoms with Crippen molar-refractivity contribution in [2.24, 2.45) is 0 Å². The number of ether oxygens (including phenoxy) is 1. The summed E-state index contributed by atoms with van der Waals surface area (Å²) in [7, 11) is 5.19. The van der Waals surface area contributed by atoms with Crippen molar-refractivity contribution in [2.45, 2.75) is 24.3 Å². The van der Waals surface area contributed by atoms with Crippen LogP contribution >= 0.6 is 0 Å². The molecule has 1 heterocycles. The van der Waals surface area contributed by atoms with E-state index in [0.717, 1.165) is 0 Å². The van der Waals surface area contributed by atoms with E-state index in [4.69, 9.17) is 23.2 Å². The summed E-state index contributed by atoms with van der Waals surface area (Å²) in [4.78, 5) is 10.3. The molecule has 6 heteroatoms. The zero-order valence-electron chi connectivity index (χ0n) is 5.60. The fourth-order valence-corrected chi connectivity index (χ4v) is 0.893. The van der Waals surface area contributed by atoms with Gasteiger partial charge in [-0.1, -0.05) is 0 Å². The molecule has 0 aromatic heterocycles. The van der Waals surface area contributed by atoms with Crippen LogP contribution in [0.2, 0.25) is 5.82 Å². The van der Waals surface area contributed by atoms with Crippen LogP contribution in [0.25, 0.3) is 0 Å². The van der Waals surface area contributed by atoms with Crippen molar-refractivity contribution in [1.29, 1.82) is 0 Å². The molecule has 0 aromatic rings. The maximum Gasteiger partial charge on any atom is 0.364 e. The Kier molecular flexibility index (Phi) is 1.91. The van der Waals surface area contributed by atoms with E-state index in [-0.39, 0.29) is 6.42 Å². The van der Waals surface area contributed by atoms with Gasteiger partial charge in [0, 0.05) is 6.42 Å². The van der Waals surface area contributed by atoms with Crippen LogP contribution in [-0.4, -0.2) is 41.2 Å². The van der Waals surface area contributed by atoms with Gasteiger partial charge in [0.15, 0.2) is 6.29 Å². The highest BCUT2D eigenvalue weighted by Crippen LogP contribution is 2.33. The second-order valence-corrected chi connectivity index (χ2v) is 2.47. The zero-order chi connectivity index (χ0) is 8.65. The third kappa shape index (κ3) is 1.37. The molecular weight excluding hydrogens is 151 g/mol. The van der Waals surface area contributed by atoms with Crippen molar-refractivity contribution < 1.29 is 24.9 Å². The maximum absolute atomic E-state index is 10.3. The van der Waals surface area contributed by atoms with Gasteiger partial charge in [0.2, 0.25) is 0 Å². The second-order valence-electron chi connectivity index (χ2n) is 2.47. The van der Waals surface area contributed by atoms with Crippen molar-refractivity contribution in [2.75, 3.05) is 0 Å². The molecule has 11 heavy (non-hydrogen) atoms. The van der Waals surface area contributed by atoms with Gasteiger partial charge in [-0.25, -0.2) is 4.79 Å². The summed E-state index contributed by atoms with van der Waals surface area (Å²) in [5, 5.41) is 26.2. The molecule has 3 unspecified atom stereocenters. The second kappa shape index (κ2) is 2.47. The van der Waals surface area contributed by atoms with Crippen LogP contribution in [0.15, 0.2) is 0 Å². The molecule has 1 rings (SSSR count). The van der Waals surface area contributed by atoms with Crippen LogP contribution in [0.3, 0.4) is 0 Å². The smallest absolute Gasteiger partial charge is 0.364 e. The monoisotopic (exact) mass is 158 g/mol. The number of carbonyl (C=O) groups is 1. The van der Waals surface area contributed by atoms with Gasteiger partial charge in [-0.2, -0.15) is 0 Å². The van der Waals surface area contributed by atoms with Gasteiger partial charge in [-0.15, -0.1) is 0 Å². The standard InChI is InChI=1S/C5H7BO5/c6-2-1-5(10,4(8)9)11-3(2)7/h2-3,7,10H,1H2,(H,8,9). The molecule has 60 valence electrons. The Balaban J connectivity index is 2.71. The van der Waals surface area contributed by atoms with Crippen molar-refractivity contribution in [3.8, 4) is 0 Å². The lowest BCUT2D eigenvalue weighted by Crippen LogP contribution is -2.38. The minimum Gasteiger partial charge on any atom is -0.477 e. The normalized spacial score (nSPS) is 44.2. The van der Waals surface area contributed by atoms with Gasteiger partial charge in [-0.05, 0) is 5.82 Å². The summed E-state index contributed by atoms with van der Waals surface area (Å²) in [6.07, 6.45) is -1.71. The fraction of sp³-hybridized carbons (Fsp3) is 0.800. The molecular formula is C5H7BO5. The SMILES string of the molecule is [B]C1CC(O)(C(=O)O)OC1O. The fourth-order valence-electron chi connectivity index (χ4n) is 0.893. The molecule has 0 amide bonds. The van der Waals surface area contributed by atoms with E-state index in [1.165, 1.54) is 0 Å². The average molecular weight is 158 g/mol. The Morgan fingerprint density at radius 1 is 1.73 bits per heavy atom. The number of aliphatic hydroxyl groups is 2. The lowest BCUT2D eigenvalue weighted by atomic mass is 9.83. The average Bonchev–Trinajstić information content (AvgIpc) is 2.09. The molecule has 0 spiro atoms. The summed E-state index contributed by atoms with van der Waals surface area (Å²) >= 11 is 0. The Bertz CT molecular complexity index is 172. The predicted octanol–water partition coefficient (Wildman–Crippen LogP) is -1.54. The number of aliphatic carboxylic acids is 1. The molecule has 1 saturated heterocycles. The summed E-state index contributed by atoms with van der Waals surface area (Å²) < 4.78 is 4.31. The number of hydrogen-bond acceptors (Lipinski definition) is 4. The van der Waals surface area contributed by atoms with Crippen LogP contribution in [-0.2, 0) is 9.53 Å². The third-order valence-electron chi connectivity index (χ3n) is 1.53. The number of rotatable bonds is 1. The highest BCUT2D eigenvalue weighted by atomic mass is 16.7. The molecule has 0 saturated carbocycles. The number of hydrogen-bond donors (Lipinski definition) is 3. The van der Waals surface area contributed by atoms with E-state index in [1.807, 2.05) is 0 Å². The van der Waals surface area contributed by atoms with Crippen molar-refractivity contribution >= 4 is 13.8 Å². The minimum atomic E-state index is -2.32. The van der Waals surface area contributed by atoms with Crippen LogP contribution in [0.5, 0.6) is 0 Å². The zero-order valence-corrected chi connectivity index (χ0v) is 5.60. The summed E-state index contributed by atoms with van der Waals surface area (Å²) in [5.41, 5.74) is 0. The molecule has 1 aliphatic heterocycles. The molecule has 1 fully saturated rings. The van der Waals surface area contributed by atoms with Gasteiger partial charge in [0.1, 0.15) is 0 Å². The highest BCUT2D eigenvalue weighted by molar-refractivity contribution is 6.12. The molecule has 0 aromatic carbocycles. The first-order valence-corrected chi connectivity index (χ1v) is 3.03. The summed E-state index contributed by atoms with van der Waals surface area (Å²) in [5.74, 6) is -4.71. The van der Waals surface area contributed by atoms with E-state index in [0.29, 0.717) is 0 Å².